The summed E-state index contributed by atoms with van der Waals surface area (Å²) < 4.78 is 14.2. The number of methoxy groups -OCH3 is 1. The number of ether oxygens (including phenoxy) is 3. The second-order valence-electron chi connectivity index (χ2n) is 2.84. The van der Waals surface area contributed by atoms with Gasteiger partial charge in [-0.2, -0.15) is 0 Å². The Morgan fingerprint density at radius 3 is 2.75 bits per heavy atom. The number of nitrogens with two attached hydrogens (primary N) is 1. The molecule has 86 valence electrons. The summed E-state index contributed by atoms with van der Waals surface area (Å²) >= 11 is 0. The summed E-state index contributed by atoms with van der Waals surface area (Å²) in [6.07, 6.45) is 1.69. The molecule has 0 atom stereocenters. The van der Waals surface area contributed by atoms with Crippen molar-refractivity contribution in [2.75, 3.05) is 19.6 Å². The van der Waals surface area contributed by atoms with Crippen LogP contribution < -0.4 is 15.2 Å². The highest BCUT2D eigenvalue weighted by Crippen LogP contribution is 2.39. The smallest absolute Gasteiger partial charge is 0.292 e. The topological polar surface area (TPSA) is 70.8 Å². The summed E-state index contributed by atoms with van der Waals surface area (Å²) in [5.41, 5.74) is 7.24. The molecule has 1 aromatic rings. The van der Waals surface area contributed by atoms with Gasteiger partial charge in [-0.05, 0) is 12.1 Å². The van der Waals surface area contributed by atoms with E-state index in [1.807, 2.05) is 12.1 Å². The molecule has 1 aliphatic rings. The van der Waals surface area contributed by atoms with Crippen LogP contribution >= 0.6 is 0 Å². The molecule has 16 heavy (non-hydrogen) atoms. The van der Waals surface area contributed by atoms with Crippen LogP contribution in [0.5, 0.6) is 11.5 Å². The third-order valence-electron chi connectivity index (χ3n) is 1.93. The summed E-state index contributed by atoms with van der Waals surface area (Å²) in [7, 11) is 1.31. The van der Waals surface area contributed by atoms with Crippen molar-refractivity contribution in [1.82, 2.24) is 0 Å². The van der Waals surface area contributed by atoms with E-state index >= 15 is 0 Å². The molecule has 0 bridgehead atoms. The Morgan fingerprint density at radius 1 is 1.50 bits per heavy atom. The van der Waals surface area contributed by atoms with Gasteiger partial charge in [0.1, 0.15) is 0 Å². The van der Waals surface area contributed by atoms with Gasteiger partial charge >= 0.3 is 0 Å². The maximum Gasteiger partial charge on any atom is 0.292 e. The van der Waals surface area contributed by atoms with Crippen LogP contribution in [0.4, 0.5) is 5.69 Å². The first kappa shape index (κ1) is 11.9. The van der Waals surface area contributed by atoms with Gasteiger partial charge in [0, 0.05) is 5.56 Å². The first-order valence-electron chi connectivity index (χ1n) is 4.51. The zero-order valence-electron chi connectivity index (χ0n) is 8.93. The van der Waals surface area contributed by atoms with Crippen molar-refractivity contribution in [3.8, 4) is 11.5 Å². The number of carbonyl (C=O) groups excluding carboxylic acids is 1. The Bertz CT molecular complexity index is 390. The zero-order valence-corrected chi connectivity index (χ0v) is 8.93. The lowest BCUT2D eigenvalue weighted by molar-refractivity contribution is -0.126. The predicted octanol–water partition coefficient (Wildman–Crippen LogP) is 1.43. The lowest BCUT2D eigenvalue weighted by Gasteiger charge is -2.03. The Morgan fingerprint density at radius 2 is 2.19 bits per heavy atom. The van der Waals surface area contributed by atoms with Gasteiger partial charge in [0.2, 0.25) is 6.79 Å². The number of hydrogen-bond acceptors (Lipinski definition) is 5. The van der Waals surface area contributed by atoms with E-state index in [1.54, 1.807) is 6.08 Å². The molecular weight excluding hydrogens is 210 g/mol. The number of nitrogen functional groups attached to an aromatic ring is 1. The van der Waals surface area contributed by atoms with Gasteiger partial charge in [-0.3, -0.25) is 4.79 Å². The lowest BCUT2D eigenvalue weighted by Crippen LogP contribution is -1.95. The van der Waals surface area contributed by atoms with Gasteiger partial charge in [0.15, 0.2) is 11.5 Å². The number of benzene rings is 1. The van der Waals surface area contributed by atoms with E-state index < -0.39 is 0 Å². The number of anilines is 1. The number of carbonyl (C=O) groups is 1. The third-order valence-corrected chi connectivity index (χ3v) is 1.93. The van der Waals surface area contributed by atoms with Gasteiger partial charge in [-0.15, -0.1) is 0 Å². The minimum Gasteiger partial charge on any atom is -0.471 e. The molecule has 0 saturated carbocycles. The number of fused-ring (bicyclic) bond motifs is 1. The highest BCUT2D eigenvalue weighted by Gasteiger charge is 2.17. The van der Waals surface area contributed by atoms with Crippen molar-refractivity contribution >= 4 is 18.2 Å². The lowest BCUT2D eigenvalue weighted by atomic mass is 10.1. The molecule has 0 unspecified atom stereocenters. The molecule has 0 aromatic heterocycles. The second kappa shape index (κ2) is 5.65. The number of rotatable bonds is 2. The fourth-order valence-electron chi connectivity index (χ4n) is 1.19. The maximum atomic E-state index is 8.95. The second-order valence-corrected chi connectivity index (χ2v) is 2.84. The van der Waals surface area contributed by atoms with Crippen LogP contribution in [0.25, 0.3) is 6.08 Å². The van der Waals surface area contributed by atoms with Crippen LogP contribution in [0.2, 0.25) is 0 Å². The number of hydrogen-bond donors (Lipinski definition) is 1. The monoisotopic (exact) mass is 223 g/mol. The largest absolute Gasteiger partial charge is 0.471 e. The molecule has 0 aliphatic carbocycles. The Balaban J connectivity index is 0.000000280. The van der Waals surface area contributed by atoms with Crippen molar-refractivity contribution in [2.45, 2.75) is 0 Å². The highest BCUT2D eigenvalue weighted by atomic mass is 16.7. The summed E-state index contributed by atoms with van der Waals surface area (Å²) in [6.45, 7) is 4.27. The van der Waals surface area contributed by atoms with E-state index in [4.69, 9.17) is 20.0 Å². The minimum absolute atomic E-state index is 0.250. The van der Waals surface area contributed by atoms with Gasteiger partial charge in [-0.25, -0.2) is 0 Å². The summed E-state index contributed by atoms with van der Waals surface area (Å²) in [5.74, 6) is 1.34. The van der Waals surface area contributed by atoms with E-state index in [2.05, 4.69) is 11.3 Å². The summed E-state index contributed by atoms with van der Waals surface area (Å²) in [5, 5.41) is 0. The molecule has 5 heteroatoms. The van der Waals surface area contributed by atoms with E-state index in [0.717, 1.165) is 5.56 Å². The minimum atomic E-state index is 0.250. The van der Waals surface area contributed by atoms with Crippen molar-refractivity contribution in [1.29, 1.82) is 0 Å². The fourth-order valence-corrected chi connectivity index (χ4v) is 1.19. The Labute approximate surface area is 93.4 Å². The third kappa shape index (κ3) is 2.44. The first-order valence-corrected chi connectivity index (χ1v) is 4.51. The Kier molecular flexibility index (Phi) is 4.20. The molecule has 1 aliphatic heterocycles. The summed E-state index contributed by atoms with van der Waals surface area (Å²) in [6, 6.07) is 3.69. The van der Waals surface area contributed by atoms with Gasteiger partial charge < -0.3 is 19.9 Å². The SMILES string of the molecule is C=Cc1ccc2c(c1N)OCO2.COC=O. The average Bonchev–Trinajstić information content (AvgIpc) is 2.79. The molecule has 2 rings (SSSR count). The molecule has 5 nitrogen and oxygen atoms in total. The predicted molar refractivity (Wildman–Crippen MR) is 60.1 cm³/mol. The van der Waals surface area contributed by atoms with Gasteiger partial charge in [0.05, 0.1) is 12.8 Å². The van der Waals surface area contributed by atoms with E-state index in [9.17, 15) is 0 Å². The van der Waals surface area contributed by atoms with Crippen molar-refractivity contribution in [3.05, 3.63) is 24.3 Å². The van der Waals surface area contributed by atoms with Crippen LogP contribution in [0.15, 0.2) is 18.7 Å². The van der Waals surface area contributed by atoms with Crippen molar-refractivity contribution in [2.24, 2.45) is 0 Å². The fraction of sp³-hybridized carbons (Fsp3) is 0.182. The average molecular weight is 223 g/mol. The first-order chi connectivity index (χ1) is 7.74. The van der Waals surface area contributed by atoms with Crippen LogP contribution in [-0.2, 0) is 9.53 Å². The summed E-state index contributed by atoms with van der Waals surface area (Å²) in [4.78, 5) is 8.95. The standard InChI is InChI=1S/C9H9NO2.C2H4O2/c1-2-6-3-4-7-9(8(6)10)12-5-11-7;1-4-2-3/h2-4H,1,5,10H2;2H,1H3. The molecular formula is C11H13NO4. The normalized spacial score (nSPS) is 11.1. The Hall–Kier alpha value is -2.17. The van der Waals surface area contributed by atoms with Gasteiger partial charge in [-0.1, -0.05) is 12.7 Å². The van der Waals surface area contributed by atoms with E-state index in [0.29, 0.717) is 23.7 Å². The maximum absolute atomic E-state index is 8.95. The van der Waals surface area contributed by atoms with E-state index in [-0.39, 0.29) is 6.79 Å². The molecule has 0 amide bonds. The quantitative estimate of drug-likeness (QED) is 0.606. The van der Waals surface area contributed by atoms with Crippen LogP contribution in [0.1, 0.15) is 5.56 Å². The van der Waals surface area contributed by atoms with Crippen molar-refractivity contribution < 1.29 is 19.0 Å². The van der Waals surface area contributed by atoms with Crippen LogP contribution in [-0.4, -0.2) is 20.4 Å². The molecule has 0 radical (unpaired) electrons. The zero-order chi connectivity index (χ0) is 12.0. The van der Waals surface area contributed by atoms with E-state index in [1.165, 1.54) is 7.11 Å². The molecule has 0 spiro atoms. The molecule has 1 heterocycles. The van der Waals surface area contributed by atoms with Gasteiger partial charge in [0.25, 0.3) is 6.47 Å². The van der Waals surface area contributed by atoms with Crippen molar-refractivity contribution in [3.63, 3.8) is 0 Å². The highest BCUT2D eigenvalue weighted by molar-refractivity contribution is 5.73. The molecule has 0 saturated heterocycles. The van der Waals surface area contributed by atoms with Crippen LogP contribution in [0, 0.1) is 0 Å². The molecule has 0 fully saturated rings. The van der Waals surface area contributed by atoms with Crippen LogP contribution in [0.3, 0.4) is 0 Å². The molecule has 2 N–H and O–H groups in total. The molecule has 1 aromatic carbocycles.